The van der Waals surface area contributed by atoms with Gasteiger partial charge in [-0.05, 0) is 32.1 Å². The van der Waals surface area contributed by atoms with Gasteiger partial charge in [0, 0.05) is 0 Å². The standard InChI is InChI=1S/C19H38O3S.Na.H/c1-3-4-5-6-7-8-9-10-11-12-13-14-15-16-17-18-19-22-23(2,20)21;;/h10-11H,3-9,12-19H2,1-2H3;;/b11-10-;;. The van der Waals surface area contributed by atoms with Gasteiger partial charge in [0.2, 0.25) is 0 Å². The molecule has 24 heavy (non-hydrogen) atoms. The number of rotatable bonds is 17. The van der Waals surface area contributed by atoms with Crippen LogP contribution in [0.2, 0.25) is 0 Å². The van der Waals surface area contributed by atoms with Crippen molar-refractivity contribution in [2.24, 2.45) is 0 Å². The van der Waals surface area contributed by atoms with E-state index in [1.54, 1.807) is 0 Å². The van der Waals surface area contributed by atoms with Crippen molar-refractivity contribution in [1.82, 2.24) is 0 Å². The fourth-order valence-electron chi connectivity index (χ4n) is 2.56. The summed E-state index contributed by atoms with van der Waals surface area (Å²) in [5.74, 6) is 0. The first-order valence-electron chi connectivity index (χ1n) is 9.55. The van der Waals surface area contributed by atoms with Crippen LogP contribution in [0.25, 0.3) is 0 Å². The normalized spacial score (nSPS) is 11.8. The molecule has 0 bridgehead atoms. The summed E-state index contributed by atoms with van der Waals surface area (Å²) in [7, 11) is -3.25. The first-order chi connectivity index (χ1) is 11.1. The van der Waals surface area contributed by atoms with Crippen molar-refractivity contribution in [3.05, 3.63) is 12.2 Å². The summed E-state index contributed by atoms with van der Waals surface area (Å²) in [5.41, 5.74) is 0. The molecule has 0 unspecified atom stereocenters. The second-order valence-electron chi connectivity index (χ2n) is 6.46. The van der Waals surface area contributed by atoms with Crippen molar-refractivity contribution in [1.29, 1.82) is 0 Å². The Hall–Kier alpha value is 0.650. The van der Waals surface area contributed by atoms with Crippen LogP contribution in [0, 0.1) is 0 Å². The van der Waals surface area contributed by atoms with E-state index in [4.69, 9.17) is 4.18 Å². The Morgan fingerprint density at radius 3 is 1.58 bits per heavy atom. The molecule has 0 aromatic carbocycles. The van der Waals surface area contributed by atoms with Gasteiger partial charge in [-0.1, -0.05) is 76.9 Å². The predicted molar refractivity (Wildman–Crippen MR) is 107 cm³/mol. The van der Waals surface area contributed by atoms with Crippen molar-refractivity contribution in [2.45, 2.75) is 96.8 Å². The van der Waals surface area contributed by atoms with Gasteiger partial charge >= 0.3 is 29.6 Å². The molecule has 140 valence electrons. The maximum absolute atomic E-state index is 10.8. The molecule has 0 N–H and O–H groups in total. The van der Waals surface area contributed by atoms with Gasteiger partial charge in [-0.3, -0.25) is 4.18 Å². The summed E-state index contributed by atoms with van der Waals surface area (Å²) in [6.45, 7) is 2.59. The average molecular weight is 371 g/mol. The molecule has 0 saturated heterocycles. The molecule has 0 saturated carbocycles. The Kier molecular flexibility index (Phi) is 22.4. The summed E-state index contributed by atoms with van der Waals surface area (Å²) in [6, 6.07) is 0. The van der Waals surface area contributed by atoms with Crippen LogP contribution < -0.4 is 0 Å². The van der Waals surface area contributed by atoms with Crippen LogP contribution in [0.15, 0.2) is 12.2 Å². The first kappa shape index (κ1) is 26.9. The van der Waals surface area contributed by atoms with Crippen molar-refractivity contribution >= 4 is 39.7 Å². The average Bonchev–Trinajstić information content (AvgIpc) is 2.49. The fraction of sp³-hybridized carbons (Fsp3) is 0.895. The van der Waals surface area contributed by atoms with E-state index < -0.39 is 10.1 Å². The Morgan fingerprint density at radius 2 is 1.12 bits per heavy atom. The Bertz CT molecular complexity index is 367. The van der Waals surface area contributed by atoms with E-state index >= 15 is 0 Å². The van der Waals surface area contributed by atoms with E-state index in [0.29, 0.717) is 6.61 Å². The predicted octanol–water partition coefficient (Wildman–Crippen LogP) is 5.35. The molecule has 0 rings (SSSR count). The van der Waals surface area contributed by atoms with Gasteiger partial charge in [0.25, 0.3) is 10.1 Å². The van der Waals surface area contributed by atoms with Gasteiger partial charge in [0.15, 0.2) is 0 Å². The number of hydrogen-bond acceptors (Lipinski definition) is 3. The van der Waals surface area contributed by atoms with E-state index in [1.807, 2.05) is 0 Å². The molecule has 0 atom stereocenters. The molecule has 0 fully saturated rings. The summed E-state index contributed by atoms with van der Waals surface area (Å²) < 4.78 is 26.2. The third-order valence-electron chi connectivity index (χ3n) is 3.95. The minimum atomic E-state index is -3.25. The van der Waals surface area contributed by atoms with Gasteiger partial charge in [-0.15, -0.1) is 0 Å². The third-order valence-corrected chi connectivity index (χ3v) is 4.55. The van der Waals surface area contributed by atoms with Crippen LogP contribution in [0.1, 0.15) is 96.8 Å². The molecule has 0 aliphatic carbocycles. The SMILES string of the molecule is CCCCCCCC/C=C\CCCCCCCCOS(C)(=O)=O.[NaH]. The second kappa shape index (κ2) is 20.0. The third kappa shape index (κ3) is 24.9. The van der Waals surface area contributed by atoms with Gasteiger partial charge < -0.3 is 0 Å². The van der Waals surface area contributed by atoms with E-state index in [2.05, 4.69) is 19.1 Å². The number of allylic oxidation sites excluding steroid dienone is 2. The molecule has 0 spiro atoms. The minimum absolute atomic E-state index is 0. The van der Waals surface area contributed by atoms with Crippen molar-refractivity contribution in [3.8, 4) is 0 Å². The van der Waals surface area contributed by atoms with Crippen LogP contribution in [0.3, 0.4) is 0 Å². The molecule has 0 aliphatic heterocycles. The Labute approximate surface area is 173 Å². The number of hydrogen-bond donors (Lipinski definition) is 0. The van der Waals surface area contributed by atoms with Crippen molar-refractivity contribution in [3.63, 3.8) is 0 Å². The van der Waals surface area contributed by atoms with Crippen LogP contribution in [-0.4, -0.2) is 50.8 Å². The molecule has 0 amide bonds. The van der Waals surface area contributed by atoms with Crippen LogP contribution in [0.5, 0.6) is 0 Å². The topological polar surface area (TPSA) is 43.4 Å². The van der Waals surface area contributed by atoms with E-state index in [-0.39, 0.29) is 29.6 Å². The first-order valence-corrected chi connectivity index (χ1v) is 11.4. The van der Waals surface area contributed by atoms with E-state index in [9.17, 15) is 8.42 Å². The molecule has 0 aliphatic rings. The monoisotopic (exact) mass is 370 g/mol. The van der Waals surface area contributed by atoms with E-state index in [0.717, 1.165) is 19.1 Å². The summed E-state index contributed by atoms with van der Waals surface area (Å²) >= 11 is 0. The van der Waals surface area contributed by atoms with Crippen LogP contribution in [0.4, 0.5) is 0 Å². The molecular formula is C19H39NaO3S. The summed E-state index contributed by atoms with van der Waals surface area (Å²) in [4.78, 5) is 0. The zero-order valence-electron chi connectivity index (χ0n) is 15.4. The van der Waals surface area contributed by atoms with Gasteiger partial charge in [0.1, 0.15) is 0 Å². The maximum atomic E-state index is 10.8. The van der Waals surface area contributed by atoms with Crippen molar-refractivity contribution in [2.75, 3.05) is 12.9 Å². The molecule has 5 heteroatoms. The molecule has 0 heterocycles. The van der Waals surface area contributed by atoms with E-state index in [1.165, 1.54) is 77.0 Å². The molecule has 0 aromatic rings. The van der Waals surface area contributed by atoms with Gasteiger partial charge in [-0.25, -0.2) is 0 Å². The zero-order valence-corrected chi connectivity index (χ0v) is 16.2. The Balaban J connectivity index is 0. The molecular weight excluding hydrogens is 331 g/mol. The van der Waals surface area contributed by atoms with Gasteiger partial charge in [0.05, 0.1) is 12.9 Å². The molecule has 0 radical (unpaired) electrons. The summed E-state index contributed by atoms with van der Waals surface area (Å²) in [6.07, 6.45) is 23.3. The summed E-state index contributed by atoms with van der Waals surface area (Å²) in [5, 5.41) is 0. The van der Waals surface area contributed by atoms with Crippen LogP contribution >= 0.6 is 0 Å². The van der Waals surface area contributed by atoms with Crippen LogP contribution in [-0.2, 0) is 14.3 Å². The molecule has 0 aromatic heterocycles. The fourth-order valence-corrected chi connectivity index (χ4v) is 2.98. The van der Waals surface area contributed by atoms with Crippen molar-refractivity contribution < 1.29 is 12.6 Å². The van der Waals surface area contributed by atoms with Gasteiger partial charge in [-0.2, -0.15) is 8.42 Å². The number of unbranched alkanes of at least 4 members (excludes halogenated alkanes) is 12. The zero-order chi connectivity index (χ0) is 17.2. The quantitative estimate of drug-likeness (QED) is 0.150. The molecule has 3 nitrogen and oxygen atoms in total. The Morgan fingerprint density at radius 1 is 0.708 bits per heavy atom. The second-order valence-corrected chi connectivity index (χ2v) is 8.11.